The van der Waals surface area contributed by atoms with E-state index in [2.05, 4.69) is 10.3 Å². The Morgan fingerprint density at radius 3 is 2.33 bits per heavy atom. The quantitative estimate of drug-likeness (QED) is 0.349. The smallest absolute Gasteiger partial charge is 0.409 e. The zero-order valence-electron chi connectivity index (χ0n) is 21.2. The van der Waals surface area contributed by atoms with Gasteiger partial charge in [0.25, 0.3) is 5.91 Å². The Morgan fingerprint density at radius 1 is 1.03 bits per heavy atom. The van der Waals surface area contributed by atoms with Crippen LogP contribution in [0.2, 0.25) is 0 Å². The average molecular weight is 573 g/mol. The Kier molecular flexibility index (Phi) is 9.13. The number of pyridine rings is 1. The number of carbonyl (C=O) groups excluding carboxylic acids is 3. The van der Waals surface area contributed by atoms with Crippen LogP contribution >= 0.6 is 18.9 Å². The molecular weight excluding hydrogens is 543 g/mol. The summed E-state index contributed by atoms with van der Waals surface area (Å²) < 4.78 is 16.9. The number of thiophene rings is 1. The molecule has 0 spiro atoms. The van der Waals surface area contributed by atoms with E-state index in [4.69, 9.17) is 4.74 Å². The molecule has 0 saturated carbocycles. The van der Waals surface area contributed by atoms with Gasteiger partial charge in [0.15, 0.2) is 0 Å². The Labute approximate surface area is 229 Å². The topological polar surface area (TPSA) is 149 Å². The lowest BCUT2D eigenvalue weighted by Crippen LogP contribution is -2.56. The second-order valence-electron chi connectivity index (χ2n) is 8.89. The van der Waals surface area contributed by atoms with Gasteiger partial charge >= 0.3 is 13.7 Å². The minimum atomic E-state index is -4.68. The fraction of sp³-hybridized carbons (Fsp3) is 0.308. The molecule has 1 aromatic carbocycles. The predicted octanol–water partition coefficient (Wildman–Crippen LogP) is 3.05. The Bertz CT molecular complexity index is 1360. The molecule has 1 saturated heterocycles. The summed E-state index contributed by atoms with van der Waals surface area (Å²) in [5.41, 5.74) is 2.95. The van der Waals surface area contributed by atoms with Crippen LogP contribution in [0.15, 0.2) is 59.3 Å². The monoisotopic (exact) mass is 572 g/mol. The third kappa shape index (κ3) is 7.51. The van der Waals surface area contributed by atoms with Gasteiger partial charge in [-0.1, -0.05) is 30.3 Å². The predicted molar refractivity (Wildman–Crippen MR) is 146 cm³/mol. The molecule has 4 rings (SSSR count). The third-order valence-corrected chi connectivity index (χ3v) is 7.65. The van der Waals surface area contributed by atoms with E-state index in [9.17, 15) is 28.7 Å². The maximum Gasteiger partial charge on any atom is 0.409 e. The molecule has 1 fully saturated rings. The number of benzene rings is 1. The molecule has 3 amide bonds. The third-order valence-electron chi connectivity index (χ3n) is 6.12. The first-order chi connectivity index (χ1) is 18.6. The van der Waals surface area contributed by atoms with Crippen molar-refractivity contribution in [2.24, 2.45) is 0 Å². The number of nitrogens with one attached hydrogen (secondary N) is 1. The van der Waals surface area contributed by atoms with Crippen molar-refractivity contribution in [3.05, 3.63) is 65.0 Å². The second kappa shape index (κ2) is 12.5. The van der Waals surface area contributed by atoms with Crippen LogP contribution in [-0.2, 0) is 14.1 Å². The van der Waals surface area contributed by atoms with Crippen molar-refractivity contribution in [3.63, 3.8) is 0 Å². The molecule has 39 heavy (non-hydrogen) atoms. The summed E-state index contributed by atoms with van der Waals surface area (Å²) in [7, 11) is -4.68. The first kappa shape index (κ1) is 28.4. The van der Waals surface area contributed by atoms with Gasteiger partial charge in [-0.2, -0.15) is 11.3 Å². The number of ether oxygens (including phenoxy) is 1. The number of carbonyl (C=O) groups is 3. The van der Waals surface area contributed by atoms with Crippen molar-refractivity contribution >= 4 is 36.8 Å². The van der Waals surface area contributed by atoms with Crippen LogP contribution < -0.4 is 5.32 Å². The molecule has 0 aliphatic carbocycles. The molecule has 3 heterocycles. The highest BCUT2D eigenvalue weighted by molar-refractivity contribution is 7.51. The molecule has 1 atom stereocenters. The van der Waals surface area contributed by atoms with Crippen LogP contribution in [0, 0.1) is 0 Å². The van der Waals surface area contributed by atoms with Gasteiger partial charge in [-0.15, -0.1) is 0 Å². The van der Waals surface area contributed by atoms with Gasteiger partial charge in [0.2, 0.25) is 5.91 Å². The number of nitrogens with zero attached hydrogens (tertiary/aromatic N) is 3. The highest BCUT2D eigenvalue weighted by atomic mass is 32.1. The van der Waals surface area contributed by atoms with Crippen LogP contribution in [0.5, 0.6) is 0 Å². The fourth-order valence-electron chi connectivity index (χ4n) is 4.20. The molecule has 0 radical (unpaired) electrons. The van der Waals surface area contributed by atoms with E-state index < -0.39 is 37.7 Å². The summed E-state index contributed by atoms with van der Waals surface area (Å²) in [6, 6.07) is 13.1. The Morgan fingerprint density at radius 2 is 1.72 bits per heavy atom. The highest BCUT2D eigenvalue weighted by Crippen LogP contribution is 2.35. The van der Waals surface area contributed by atoms with Crippen LogP contribution in [0.4, 0.5) is 4.79 Å². The second-order valence-corrected chi connectivity index (χ2v) is 11.4. The zero-order chi connectivity index (χ0) is 28.0. The molecule has 0 bridgehead atoms. The zero-order valence-corrected chi connectivity index (χ0v) is 22.9. The van der Waals surface area contributed by atoms with Gasteiger partial charge in [0.05, 0.1) is 18.5 Å². The van der Waals surface area contributed by atoms with Crippen molar-refractivity contribution < 1.29 is 33.5 Å². The first-order valence-electron chi connectivity index (χ1n) is 12.3. The Hall–Kier alpha value is -3.57. The number of amides is 3. The van der Waals surface area contributed by atoms with Crippen LogP contribution in [0.3, 0.4) is 0 Å². The molecule has 1 unspecified atom stereocenters. The molecule has 3 N–H and O–H groups in total. The SMILES string of the molecule is CCOC(=O)N1CCN(C(=O)C(CP(=O)(O)O)NC(=O)c2cc(-c3ccsc3)cc(-c3ccccc3)n2)CC1. The summed E-state index contributed by atoms with van der Waals surface area (Å²) in [6.07, 6.45) is -1.36. The highest BCUT2D eigenvalue weighted by Gasteiger charge is 2.35. The van der Waals surface area contributed by atoms with E-state index in [0.717, 1.165) is 16.7 Å². The summed E-state index contributed by atoms with van der Waals surface area (Å²) in [5.74, 6) is -1.38. The number of hydrogen-bond acceptors (Lipinski definition) is 7. The minimum absolute atomic E-state index is 0.00759. The van der Waals surface area contributed by atoms with E-state index >= 15 is 0 Å². The van der Waals surface area contributed by atoms with E-state index in [-0.39, 0.29) is 38.5 Å². The van der Waals surface area contributed by atoms with E-state index in [0.29, 0.717) is 5.69 Å². The van der Waals surface area contributed by atoms with Crippen molar-refractivity contribution in [3.8, 4) is 22.4 Å². The van der Waals surface area contributed by atoms with Gasteiger partial charge < -0.3 is 29.6 Å². The molecular formula is C26H29N4O7PS. The lowest BCUT2D eigenvalue weighted by atomic mass is 10.0. The normalized spacial score (nSPS) is 14.5. The largest absolute Gasteiger partial charge is 0.450 e. The summed E-state index contributed by atoms with van der Waals surface area (Å²) in [4.78, 5) is 65.3. The van der Waals surface area contributed by atoms with E-state index in [1.807, 2.05) is 53.2 Å². The summed E-state index contributed by atoms with van der Waals surface area (Å²) in [6.45, 7) is 2.59. The van der Waals surface area contributed by atoms with Crippen LogP contribution in [0.1, 0.15) is 17.4 Å². The molecule has 206 valence electrons. The molecule has 3 aromatic rings. The number of hydrogen-bond donors (Lipinski definition) is 3. The number of rotatable bonds is 8. The van der Waals surface area contributed by atoms with Gasteiger partial charge in [-0.25, -0.2) is 9.78 Å². The maximum absolute atomic E-state index is 13.4. The fourth-order valence-corrected chi connectivity index (χ4v) is 5.59. The lowest BCUT2D eigenvalue weighted by molar-refractivity contribution is -0.134. The molecule has 1 aliphatic heterocycles. The number of aromatic nitrogens is 1. The van der Waals surface area contributed by atoms with Gasteiger partial charge in [-0.05, 0) is 47.0 Å². The minimum Gasteiger partial charge on any atom is -0.450 e. The van der Waals surface area contributed by atoms with Crippen molar-refractivity contribution in [2.75, 3.05) is 38.9 Å². The van der Waals surface area contributed by atoms with Crippen molar-refractivity contribution in [1.82, 2.24) is 20.1 Å². The molecule has 13 heteroatoms. The van der Waals surface area contributed by atoms with Gasteiger partial charge in [0.1, 0.15) is 11.7 Å². The van der Waals surface area contributed by atoms with E-state index in [1.165, 1.54) is 21.1 Å². The van der Waals surface area contributed by atoms with E-state index in [1.54, 1.807) is 13.0 Å². The molecule has 11 nitrogen and oxygen atoms in total. The summed E-state index contributed by atoms with van der Waals surface area (Å²) >= 11 is 1.50. The first-order valence-corrected chi connectivity index (χ1v) is 15.0. The maximum atomic E-state index is 13.4. The van der Waals surface area contributed by atoms with Crippen LogP contribution in [-0.4, -0.2) is 87.5 Å². The average Bonchev–Trinajstić information content (AvgIpc) is 3.47. The Balaban J connectivity index is 1.57. The molecule has 1 aliphatic rings. The lowest BCUT2D eigenvalue weighted by Gasteiger charge is -2.36. The molecule has 2 aromatic heterocycles. The van der Waals surface area contributed by atoms with Crippen molar-refractivity contribution in [1.29, 1.82) is 0 Å². The van der Waals surface area contributed by atoms with Crippen LogP contribution in [0.25, 0.3) is 22.4 Å². The van der Waals surface area contributed by atoms with Gasteiger partial charge in [0, 0.05) is 31.7 Å². The van der Waals surface area contributed by atoms with Crippen molar-refractivity contribution in [2.45, 2.75) is 13.0 Å². The standard InChI is InChI=1S/C26H29N4O7PS/c1-2-37-26(33)30-11-9-29(10-12-30)25(32)23(16-38(34,35)36)28-24(31)22-15-20(19-8-13-39-17-19)14-21(27-22)18-6-4-3-5-7-18/h3-8,13-15,17,23H,2,9-12,16H2,1H3,(H,28,31)(H2,34,35,36). The number of piperazine rings is 1. The summed E-state index contributed by atoms with van der Waals surface area (Å²) in [5, 5.41) is 6.35. The van der Waals surface area contributed by atoms with Gasteiger partial charge in [-0.3, -0.25) is 14.2 Å².